The van der Waals surface area contributed by atoms with Crippen LogP contribution < -0.4 is 20.5 Å². The predicted molar refractivity (Wildman–Crippen MR) is 74.4 cm³/mol. The smallest absolute Gasteiger partial charge is 0.387 e. The monoisotopic (exact) mass is 302 g/mol. The fourth-order valence-electron chi connectivity index (χ4n) is 1.61. The van der Waals surface area contributed by atoms with E-state index in [4.69, 9.17) is 10.5 Å². The molecular weight excluding hydrogens is 282 g/mol. The van der Waals surface area contributed by atoms with Crippen LogP contribution in [0.4, 0.5) is 8.78 Å². The van der Waals surface area contributed by atoms with Crippen LogP contribution in [0.5, 0.6) is 11.5 Å². The maximum Gasteiger partial charge on any atom is 0.387 e. The van der Waals surface area contributed by atoms with Gasteiger partial charge in [-0.1, -0.05) is 6.92 Å². The molecule has 1 rings (SSSR count). The van der Waals surface area contributed by atoms with Crippen LogP contribution in [0.1, 0.15) is 25.3 Å². The molecule has 0 spiro atoms. The number of nitrogens with two attached hydrogens (primary N) is 1. The van der Waals surface area contributed by atoms with Crippen LogP contribution in [0.2, 0.25) is 0 Å². The van der Waals surface area contributed by atoms with E-state index in [0.29, 0.717) is 17.9 Å². The molecule has 0 aliphatic rings. The van der Waals surface area contributed by atoms with Gasteiger partial charge < -0.3 is 20.5 Å². The van der Waals surface area contributed by atoms with Crippen LogP contribution in [-0.2, 0) is 11.3 Å². The first-order valence-electron chi connectivity index (χ1n) is 6.74. The molecule has 0 radical (unpaired) electrons. The van der Waals surface area contributed by atoms with Crippen LogP contribution in [-0.4, -0.2) is 25.7 Å². The second-order valence-corrected chi connectivity index (χ2v) is 4.31. The molecule has 21 heavy (non-hydrogen) atoms. The van der Waals surface area contributed by atoms with Gasteiger partial charge in [0.1, 0.15) is 11.5 Å². The SMILES string of the molecule is CCCOc1ccc(CNC(=O)CCN)c(OC(F)F)c1. The van der Waals surface area contributed by atoms with E-state index in [1.54, 1.807) is 12.1 Å². The number of ether oxygens (including phenoxy) is 2. The fourth-order valence-corrected chi connectivity index (χ4v) is 1.61. The zero-order valence-electron chi connectivity index (χ0n) is 11.9. The Balaban J connectivity index is 2.78. The summed E-state index contributed by atoms with van der Waals surface area (Å²) in [4.78, 5) is 11.4. The van der Waals surface area contributed by atoms with Gasteiger partial charge in [-0.05, 0) is 18.6 Å². The summed E-state index contributed by atoms with van der Waals surface area (Å²) >= 11 is 0. The van der Waals surface area contributed by atoms with Gasteiger partial charge in [-0.3, -0.25) is 4.79 Å². The molecule has 0 aliphatic heterocycles. The zero-order chi connectivity index (χ0) is 15.7. The van der Waals surface area contributed by atoms with E-state index < -0.39 is 6.61 Å². The number of carbonyl (C=O) groups excluding carboxylic acids is 1. The van der Waals surface area contributed by atoms with Gasteiger partial charge in [0.2, 0.25) is 5.91 Å². The van der Waals surface area contributed by atoms with Crippen molar-refractivity contribution in [3.63, 3.8) is 0 Å². The number of halogens is 2. The number of amides is 1. The summed E-state index contributed by atoms with van der Waals surface area (Å²) in [5.74, 6) is 0.197. The molecule has 1 amide bonds. The van der Waals surface area contributed by atoms with Crippen molar-refractivity contribution < 1.29 is 23.0 Å². The molecule has 0 bridgehead atoms. The first-order valence-corrected chi connectivity index (χ1v) is 6.74. The topological polar surface area (TPSA) is 73.6 Å². The molecule has 1 aromatic rings. The lowest BCUT2D eigenvalue weighted by Crippen LogP contribution is -2.25. The standard InChI is InChI=1S/C14H20F2N2O3/c1-2-7-20-11-4-3-10(9-18-13(19)5-6-17)12(8-11)21-14(15)16/h3-4,8,14H,2,5-7,9,17H2,1H3,(H,18,19). The Hall–Kier alpha value is -1.89. The number of carbonyl (C=O) groups is 1. The molecule has 1 aromatic carbocycles. The van der Waals surface area contributed by atoms with Crippen molar-refractivity contribution in [2.75, 3.05) is 13.2 Å². The molecule has 0 saturated carbocycles. The van der Waals surface area contributed by atoms with Crippen molar-refractivity contribution in [2.24, 2.45) is 5.73 Å². The third-order valence-electron chi connectivity index (χ3n) is 2.57. The molecule has 7 heteroatoms. The zero-order valence-corrected chi connectivity index (χ0v) is 11.9. The predicted octanol–water partition coefficient (Wildman–Crippen LogP) is 2.04. The van der Waals surface area contributed by atoms with E-state index in [0.717, 1.165) is 6.42 Å². The summed E-state index contributed by atoms with van der Waals surface area (Å²) in [5, 5.41) is 2.59. The van der Waals surface area contributed by atoms with Crippen molar-refractivity contribution in [1.82, 2.24) is 5.32 Å². The first-order chi connectivity index (χ1) is 10.1. The highest BCUT2D eigenvalue weighted by Gasteiger charge is 2.12. The lowest BCUT2D eigenvalue weighted by Gasteiger charge is -2.13. The van der Waals surface area contributed by atoms with Gasteiger partial charge in [0.05, 0.1) is 6.61 Å². The number of rotatable bonds is 9. The van der Waals surface area contributed by atoms with Crippen LogP contribution in [0.3, 0.4) is 0 Å². The normalized spacial score (nSPS) is 10.5. The molecule has 0 saturated heterocycles. The molecule has 0 unspecified atom stereocenters. The number of hydrogen-bond acceptors (Lipinski definition) is 4. The Morgan fingerprint density at radius 3 is 2.81 bits per heavy atom. The summed E-state index contributed by atoms with van der Waals surface area (Å²) in [6.07, 6.45) is 0.991. The highest BCUT2D eigenvalue weighted by molar-refractivity contribution is 5.76. The lowest BCUT2D eigenvalue weighted by atomic mass is 10.2. The maximum atomic E-state index is 12.4. The number of hydrogen-bond donors (Lipinski definition) is 2. The van der Waals surface area contributed by atoms with E-state index in [9.17, 15) is 13.6 Å². The van der Waals surface area contributed by atoms with Crippen molar-refractivity contribution in [2.45, 2.75) is 32.9 Å². The van der Waals surface area contributed by atoms with Crippen molar-refractivity contribution in [1.29, 1.82) is 0 Å². The minimum Gasteiger partial charge on any atom is -0.493 e. The summed E-state index contributed by atoms with van der Waals surface area (Å²) in [5.41, 5.74) is 5.71. The Labute approximate surface area is 122 Å². The highest BCUT2D eigenvalue weighted by Crippen LogP contribution is 2.26. The van der Waals surface area contributed by atoms with Crippen LogP contribution in [0, 0.1) is 0 Å². The van der Waals surface area contributed by atoms with Crippen LogP contribution in [0.25, 0.3) is 0 Å². The highest BCUT2D eigenvalue weighted by atomic mass is 19.3. The van der Waals surface area contributed by atoms with E-state index in [1.807, 2.05) is 6.92 Å². The maximum absolute atomic E-state index is 12.4. The van der Waals surface area contributed by atoms with Gasteiger partial charge in [-0.15, -0.1) is 0 Å². The fraction of sp³-hybridized carbons (Fsp3) is 0.500. The second-order valence-electron chi connectivity index (χ2n) is 4.31. The summed E-state index contributed by atoms with van der Waals surface area (Å²) < 4.78 is 34.7. The van der Waals surface area contributed by atoms with Gasteiger partial charge in [0, 0.05) is 31.1 Å². The average Bonchev–Trinajstić information content (AvgIpc) is 2.43. The molecule has 0 fully saturated rings. The minimum atomic E-state index is -2.94. The van der Waals surface area contributed by atoms with Crippen LogP contribution in [0.15, 0.2) is 18.2 Å². The van der Waals surface area contributed by atoms with E-state index >= 15 is 0 Å². The summed E-state index contributed by atoms with van der Waals surface area (Å²) in [6.45, 7) is -0.186. The summed E-state index contributed by atoms with van der Waals surface area (Å²) in [6, 6.07) is 4.64. The molecule has 0 aliphatic carbocycles. The average molecular weight is 302 g/mol. The molecule has 3 N–H and O–H groups in total. The van der Waals surface area contributed by atoms with Gasteiger partial charge >= 0.3 is 6.61 Å². The van der Waals surface area contributed by atoms with E-state index in [2.05, 4.69) is 10.1 Å². The quantitative estimate of drug-likeness (QED) is 0.732. The third-order valence-corrected chi connectivity index (χ3v) is 2.57. The minimum absolute atomic E-state index is 0.00773. The van der Waals surface area contributed by atoms with Gasteiger partial charge in [0.25, 0.3) is 0 Å². The van der Waals surface area contributed by atoms with Gasteiger partial charge in [0.15, 0.2) is 0 Å². The Morgan fingerprint density at radius 2 is 2.19 bits per heavy atom. The third kappa shape index (κ3) is 6.40. The summed E-state index contributed by atoms with van der Waals surface area (Å²) in [7, 11) is 0. The van der Waals surface area contributed by atoms with Crippen molar-refractivity contribution in [3.8, 4) is 11.5 Å². The Morgan fingerprint density at radius 1 is 1.43 bits per heavy atom. The Bertz CT molecular complexity index is 456. The number of alkyl halides is 2. The number of nitrogens with one attached hydrogen (secondary N) is 1. The molecule has 0 aromatic heterocycles. The molecule has 0 atom stereocenters. The molecule has 0 heterocycles. The first kappa shape index (κ1) is 17.2. The molecular formula is C14H20F2N2O3. The molecule has 5 nitrogen and oxygen atoms in total. The number of benzene rings is 1. The van der Waals surface area contributed by atoms with Gasteiger partial charge in [-0.25, -0.2) is 0 Å². The van der Waals surface area contributed by atoms with E-state index in [-0.39, 0.29) is 31.2 Å². The lowest BCUT2D eigenvalue weighted by molar-refractivity contribution is -0.121. The van der Waals surface area contributed by atoms with Crippen molar-refractivity contribution >= 4 is 5.91 Å². The largest absolute Gasteiger partial charge is 0.493 e. The molecule has 118 valence electrons. The van der Waals surface area contributed by atoms with E-state index in [1.165, 1.54) is 6.07 Å². The van der Waals surface area contributed by atoms with Gasteiger partial charge in [-0.2, -0.15) is 8.78 Å². The Kier molecular flexibility index (Phi) is 7.45. The van der Waals surface area contributed by atoms with Crippen LogP contribution >= 0.6 is 0 Å². The second kappa shape index (κ2) is 9.12. The van der Waals surface area contributed by atoms with Crippen molar-refractivity contribution in [3.05, 3.63) is 23.8 Å².